The average Bonchev–Trinajstić information content (AvgIpc) is 3.52. The zero-order chi connectivity index (χ0) is 24.1. The van der Waals surface area contributed by atoms with Crippen molar-refractivity contribution in [2.45, 2.75) is 26.3 Å². The molecule has 2 aliphatic rings. The van der Waals surface area contributed by atoms with E-state index in [2.05, 4.69) is 10.0 Å². The van der Waals surface area contributed by atoms with Crippen molar-refractivity contribution in [2.24, 2.45) is 11.0 Å². The van der Waals surface area contributed by atoms with Crippen LogP contribution in [0.15, 0.2) is 52.2 Å². The lowest BCUT2D eigenvalue weighted by Crippen LogP contribution is -2.47. The summed E-state index contributed by atoms with van der Waals surface area (Å²) in [6, 6.07) is 9.21. The van der Waals surface area contributed by atoms with Crippen LogP contribution in [-0.4, -0.2) is 78.3 Å². The third-order valence-corrected chi connectivity index (χ3v) is 6.14. The fourth-order valence-electron chi connectivity index (χ4n) is 4.21. The van der Waals surface area contributed by atoms with Crippen molar-refractivity contribution < 1.29 is 23.1 Å². The van der Waals surface area contributed by atoms with Crippen LogP contribution in [0.2, 0.25) is 0 Å². The van der Waals surface area contributed by atoms with Crippen LogP contribution in [0.5, 0.6) is 0 Å². The predicted octanol–water partition coefficient (Wildman–Crippen LogP) is 2.91. The number of hydrogen-bond donors (Lipinski definition) is 0. The first-order valence-electron chi connectivity index (χ1n) is 11.7. The van der Waals surface area contributed by atoms with Gasteiger partial charge in [0, 0.05) is 38.5 Å². The van der Waals surface area contributed by atoms with Gasteiger partial charge in [0.05, 0.1) is 25.2 Å². The fraction of sp³-hybridized carbons (Fsp3) is 0.480. The number of ether oxygens (including phenoxy) is 1. The molecule has 1 aromatic carbocycles. The summed E-state index contributed by atoms with van der Waals surface area (Å²) in [5, 5.41) is 6.00. The summed E-state index contributed by atoms with van der Waals surface area (Å²) in [6.07, 6.45) is 2.00. The number of carbonyl (C=O) groups is 2. The smallest absolute Gasteiger partial charge is 0.262 e. The van der Waals surface area contributed by atoms with Crippen LogP contribution in [0, 0.1) is 11.7 Å². The molecule has 0 radical (unpaired) electrons. The number of amides is 2. The second-order valence-electron chi connectivity index (χ2n) is 8.90. The number of furan rings is 1. The Labute approximate surface area is 198 Å². The monoisotopic (exact) mass is 470 g/mol. The van der Waals surface area contributed by atoms with E-state index in [9.17, 15) is 14.0 Å². The lowest BCUT2D eigenvalue weighted by Gasteiger charge is -2.31. The summed E-state index contributed by atoms with van der Waals surface area (Å²) in [5.74, 6) is -0.298. The van der Waals surface area contributed by atoms with Gasteiger partial charge in [0.2, 0.25) is 5.91 Å². The van der Waals surface area contributed by atoms with Gasteiger partial charge in [-0.25, -0.2) is 9.40 Å². The van der Waals surface area contributed by atoms with Crippen molar-refractivity contribution >= 4 is 17.5 Å². The largest absolute Gasteiger partial charge is 0.467 e. The molecule has 1 fully saturated rings. The first-order chi connectivity index (χ1) is 16.4. The molecule has 1 saturated heterocycles. The van der Waals surface area contributed by atoms with Crippen LogP contribution in [0.1, 0.15) is 37.6 Å². The standard InChI is InChI=1S/C25H31FN4O4/c1-18(2)25(32)29(10-9-28-11-14-33-15-12-28)17-24(31)30-22(23-4-3-13-34-23)16-21(27-30)19-5-7-20(26)8-6-19/h3-8,13,18,22H,9-12,14-17H2,1-2H3. The molecule has 34 heavy (non-hydrogen) atoms. The molecule has 0 aliphatic carbocycles. The number of halogens is 1. The molecule has 0 spiro atoms. The van der Waals surface area contributed by atoms with E-state index in [0.717, 1.165) is 18.7 Å². The molecule has 2 aromatic rings. The summed E-state index contributed by atoms with van der Waals surface area (Å²) >= 11 is 0. The van der Waals surface area contributed by atoms with Crippen molar-refractivity contribution in [3.05, 3.63) is 59.8 Å². The van der Waals surface area contributed by atoms with Crippen molar-refractivity contribution in [2.75, 3.05) is 45.9 Å². The minimum Gasteiger partial charge on any atom is -0.467 e. The van der Waals surface area contributed by atoms with Gasteiger partial charge in [0.15, 0.2) is 0 Å². The molecule has 1 atom stereocenters. The highest BCUT2D eigenvalue weighted by molar-refractivity contribution is 6.03. The molecule has 3 heterocycles. The van der Waals surface area contributed by atoms with Crippen LogP contribution in [0.25, 0.3) is 0 Å². The number of rotatable bonds is 8. The molecule has 182 valence electrons. The van der Waals surface area contributed by atoms with Crippen molar-refractivity contribution in [3.63, 3.8) is 0 Å². The van der Waals surface area contributed by atoms with E-state index in [4.69, 9.17) is 9.15 Å². The molecule has 1 unspecified atom stereocenters. The zero-order valence-electron chi connectivity index (χ0n) is 19.7. The van der Waals surface area contributed by atoms with E-state index in [1.807, 2.05) is 19.9 Å². The molecule has 4 rings (SSSR count). The third-order valence-electron chi connectivity index (χ3n) is 6.14. The summed E-state index contributed by atoms with van der Waals surface area (Å²) in [6.45, 7) is 7.72. The molecule has 0 saturated carbocycles. The highest BCUT2D eigenvalue weighted by Gasteiger charge is 2.36. The highest BCUT2D eigenvalue weighted by atomic mass is 19.1. The normalized spacial score (nSPS) is 18.9. The SMILES string of the molecule is CC(C)C(=O)N(CCN1CCOCC1)CC(=O)N1N=C(c2ccc(F)cc2)CC1c1ccco1. The Hall–Kier alpha value is -3.04. The number of nitrogens with zero attached hydrogens (tertiary/aromatic N) is 4. The second-order valence-corrected chi connectivity index (χ2v) is 8.90. The molecular weight excluding hydrogens is 439 g/mol. The first kappa shape index (κ1) is 24.1. The Bertz CT molecular complexity index is 1000. The van der Waals surface area contributed by atoms with Crippen LogP contribution >= 0.6 is 0 Å². The maximum Gasteiger partial charge on any atom is 0.262 e. The maximum atomic E-state index is 13.5. The zero-order valence-corrected chi connectivity index (χ0v) is 19.7. The van der Waals surface area contributed by atoms with E-state index in [0.29, 0.717) is 44.2 Å². The number of benzene rings is 1. The van der Waals surface area contributed by atoms with Crippen molar-refractivity contribution in [1.82, 2.24) is 14.8 Å². The van der Waals surface area contributed by atoms with Gasteiger partial charge in [-0.1, -0.05) is 26.0 Å². The minimum atomic E-state index is -0.419. The van der Waals surface area contributed by atoms with E-state index in [-0.39, 0.29) is 30.1 Å². The van der Waals surface area contributed by atoms with Crippen LogP contribution in [0.4, 0.5) is 4.39 Å². The number of hydrazone groups is 1. The van der Waals surface area contributed by atoms with E-state index in [1.54, 1.807) is 29.4 Å². The number of hydrogen-bond acceptors (Lipinski definition) is 6. The predicted molar refractivity (Wildman–Crippen MR) is 125 cm³/mol. The summed E-state index contributed by atoms with van der Waals surface area (Å²) in [5.41, 5.74) is 1.42. The average molecular weight is 471 g/mol. The Morgan fingerprint density at radius 1 is 1.18 bits per heavy atom. The lowest BCUT2D eigenvalue weighted by atomic mass is 10.0. The number of morpholine rings is 1. The third kappa shape index (κ3) is 5.71. The molecule has 1 aromatic heterocycles. The van der Waals surface area contributed by atoms with Gasteiger partial charge in [-0.2, -0.15) is 5.10 Å². The quantitative estimate of drug-likeness (QED) is 0.593. The number of carbonyl (C=O) groups excluding carboxylic acids is 2. The van der Waals surface area contributed by atoms with Crippen molar-refractivity contribution in [1.29, 1.82) is 0 Å². The van der Waals surface area contributed by atoms with Gasteiger partial charge < -0.3 is 14.1 Å². The van der Waals surface area contributed by atoms with Gasteiger partial charge in [0.1, 0.15) is 24.2 Å². The molecule has 0 bridgehead atoms. The summed E-state index contributed by atoms with van der Waals surface area (Å²) < 4.78 is 24.4. The van der Waals surface area contributed by atoms with Gasteiger partial charge in [-0.05, 0) is 29.8 Å². The van der Waals surface area contributed by atoms with E-state index >= 15 is 0 Å². The Kier molecular flexibility index (Phi) is 7.74. The van der Waals surface area contributed by atoms with Gasteiger partial charge >= 0.3 is 0 Å². The fourth-order valence-corrected chi connectivity index (χ4v) is 4.21. The Morgan fingerprint density at radius 3 is 2.56 bits per heavy atom. The molecular formula is C25H31FN4O4. The van der Waals surface area contributed by atoms with Crippen LogP contribution in [0.3, 0.4) is 0 Å². The molecule has 2 aliphatic heterocycles. The molecule has 8 nitrogen and oxygen atoms in total. The molecule has 0 N–H and O–H groups in total. The van der Waals surface area contributed by atoms with Gasteiger partial charge in [-0.15, -0.1) is 0 Å². The molecule has 2 amide bonds. The summed E-state index contributed by atoms with van der Waals surface area (Å²) in [7, 11) is 0. The van der Waals surface area contributed by atoms with E-state index in [1.165, 1.54) is 17.1 Å². The lowest BCUT2D eigenvalue weighted by molar-refractivity contribution is -0.143. The van der Waals surface area contributed by atoms with Gasteiger partial charge in [-0.3, -0.25) is 14.5 Å². The maximum absolute atomic E-state index is 13.5. The second kappa shape index (κ2) is 10.9. The highest BCUT2D eigenvalue weighted by Crippen LogP contribution is 2.33. The molecule has 9 heteroatoms. The van der Waals surface area contributed by atoms with E-state index < -0.39 is 6.04 Å². The topological polar surface area (TPSA) is 78.6 Å². The Balaban J connectivity index is 1.52. The minimum absolute atomic E-state index is 0.0707. The summed E-state index contributed by atoms with van der Waals surface area (Å²) in [4.78, 5) is 30.2. The van der Waals surface area contributed by atoms with Crippen LogP contribution < -0.4 is 0 Å². The van der Waals surface area contributed by atoms with Gasteiger partial charge in [0.25, 0.3) is 5.91 Å². The Morgan fingerprint density at radius 2 is 1.91 bits per heavy atom. The first-order valence-corrected chi connectivity index (χ1v) is 11.7. The van der Waals surface area contributed by atoms with Crippen molar-refractivity contribution in [3.8, 4) is 0 Å². The van der Waals surface area contributed by atoms with Crippen LogP contribution in [-0.2, 0) is 14.3 Å².